The lowest BCUT2D eigenvalue weighted by atomic mass is 9.95. The normalized spacial score (nSPS) is 15.7. The third kappa shape index (κ3) is 6.02. The average molecular weight is 189 g/mol. The van der Waals surface area contributed by atoms with E-state index in [1.165, 1.54) is 0 Å². The van der Waals surface area contributed by atoms with Gasteiger partial charge in [0, 0.05) is 18.8 Å². The molecule has 3 nitrogen and oxygen atoms in total. The molecule has 0 saturated carbocycles. The Morgan fingerprint density at radius 1 is 1.15 bits per heavy atom. The standard InChI is InChI=1S/C10H23NO2/c1-3-10(2,6-9-13)11-7-4-5-8-12/h11-13H,3-9H2,1-2H3. The Bertz CT molecular complexity index is 119. The van der Waals surface area contributed by atoms with Gasteiger partial charge in [-0.3, -0.25) is 0 Å². The summed E-state index contributed by atoms with van der Waals surface area (Å²) in [5.41, 5.74) is 0.0597. The molecule has 0 aromatic heterocycles. The van der Waals surface area contributed by atoms with Gasteiger partial charge in [-0.25, -0.2) is 0 Å². The van der Waals surface area contributed by atoms with E-state index in [-0.39, 0.29) is 18.8 Å². The first-order valence-corrected chi connectivity index (χ1v) is 5.15. The van der Waals surface area contributed by atoms with Crippen LogP contribution >= 0.6 is 0 Å². The maximum Gasteiger partial charge on any atom is 0.0448 e. The number of aliphatic hydroxyl groups excluding tert-OH is 2. The molecule has 0 aromatic carbocycles. The molecule has 3 heteroatoms. The zero-order valence-corrected chi connectivity index (χ0v) is 8.84. The van der Waals surface area contributed by atoms with Gasteiger partial charge < -0.3 is 15.5 Å². The Hall–Kier alpha value is -0.120. The summed E-state index contributed by atoms with van der Waals surface area (Å²) in [5, 5.41) is 20.9. The van der Waals surface area contributed by atoms with E-state index < -0.39 is 0 Å². The summed E-state index contributed by atoms with van der Waals surface area (Å²) in [6.07, 6.45) is 3.67. The first-order chi connectivity index (χ1) is 6.18. The molecule has 3 N–H and O–H groups in total. The Morgan fingerprint density at radius 2 is 1.85 bits per heavy atom. The third-order valence-electron chi connectivity index (χ3n) is 2.58. The molecule has 0 bridgehead atoms. The van der Waals surface area contributed by atoms with Gasteiger partial charge in [0.2, 0.25) is 0 Å². The summed E-state index contributed by atoms with van der Waals surface area (Å²) in [7, 11) is 0. The Kier molecular flexibility index (Phi) is 7.23. The quantitative estimate of drug-likeness (QED) is 0.497. The van der Waals surface area contributed by atoms with Crippen LogP contribution in [0.15, 0.2) is 0 Å². The summed E-state index contributed by atoms with van der Waals surface area (Å²) in [6, 6.07) is 0. The van der Waals surface area contributed by atoms with Crippen LogP contribution in [-0.2, 0) is 0 Å². The molecule has 0 spiro atoms. The van der Waals surface area contributed by atoms with Crippen molar-refractivity contribution in [3.05, 3.63) is 0 Å². The highest BCUT2D eigenvalue weighted by Crippen LogP contribution is 2.13. The van der Waals surface area contributed by atoms with Crippen LogP contribution in [-0.4, -0.2) is 35.5 Å². The SMILES string of the molecule is CCC(C)(CCO)NCCCCO. The number of aliphatic hydroxyl groups is 2. The summed E-state index contributed by atoms with van der Waals surface area (Å²) in [4.78, 5) is 0. The monoisotopic (exact) mass is 189 g/mol. The van der Waals surface area contributed by atoms with Gasteiger partial charge in [0.05, 0.1) is 0 Å². The smallest absolute Gasteiger partial charge is 0.0448 e. The van der Waals surface area contributed by atoms with Crippen molar-refractivity contribution in [2.24, 2.45) is 0 Å². The molecule has 0 rings (SSSR count). The summed E-state index contributed by atoms with van der Waals surface area (Å²) in [5.74, 6) is 0. The predicted octanol–water partition coefficient (Wildman–Crippen LogP) is 0.900. The van der Waals surface area contributed by atoms with Crippen LogP contribution in [0.3, 0.4) is 0 Å². The fourth-order valence-corrected chi connectivity index (χ4v) is 1.26. The van der Waals surface area contributed by atoms with Crippen LogP contribution in [0.5, 0.6) is 0 Å². The molecule has 0 saturated heterocycles. The minimum atomic E-state index is 0.0597. The van der Waals surface area contributed by atoms with E-state index in [9.17, 15) is 0 Å². The number of rotatable bonds is 8. The second-order valence-electron chi connectivity index (χ2n) is 3.75. The fraction of sp³-hybridized carbons (Fsp3) is 1.00. The van der Waals surface area contributed by atoms with Crippen molar-refractivity contribution in [2.45, 2.75) is 45.1 Å². The Balaban J connectivity index is 3.57. The highest BCUT2D eigenvalue weighted by atomic mass is 16.3. The van der Waals surface area contributed by atoms with Gasteiger partial charge in [0.25, 0.3) is 0 Å². The van der Waals surface area contributed by atoms with Crippen molar-refractivity contribution < 1.29 is 10.2 Å². The van der Waals surface area contributed by atoms with Crippen molar-refractivity contribution in [3.63, 3.8) is 0 Å². The minimum Gasteiger partial charge on any atom is -0.396 e. The lowest BCUT2D eigenvalue weighted by molar-refractivity contribution is 0.213. The van der Waals surface area contributed by atoms with Gasteiger partial charge in [-0.15, -0.1) is 0 Å². The zero-order valence-electron chi connectivity index (χ0n) is 8.84. The highest BCUT2D eigenvalue weighted by molar-refractivity contribution is 4.80. The summed E-state index contributed by atoms with van der Waals surface area (Å²) < 4.78 is 0. The van der Waals surface area contributed by atoms with Gasteiger partial charge in [-0.2, -0.15) is 0 Å². The van der Waals surface area contributed by atoms with E-state index in [2.05, 4.69) is 19.2 Å². The number of hydrogen-bond acceptors (Lipinski definition) is 3. The highest BCUT2D eigenvalue weighted by Gasteiger charge is 2.19. The molecule has 0 radical (unpaired) electrons. The molecule has 1 atom stereocenters. The number of nitrogens with one attached hydrogen (secondary N) is 1. The van der Waals surface area contributed by atoms with Crippen molar-refractivity contribution in [3.8, 4) is 0 Å². The molecule has 0 heterocycles. The minimum absolute atomic E-state index is 0.0597. The van der Waals surface area contributed by atoms with Gasteiger partial charge >= 0.3 is 0 Å². The van der Waals surface area contributed by atoms with E-state index in [1.807, 2.05) is 0 Å². The molecule has 0 aliphatic rings. The molecular formula is C10H23NO2. The first kappa shape index (κ1) is 12.9. The third-order valence-corrected chi connectivity index (χ3v) is 2.58. The first-order valence-electron chi connectivity index (χ1n) is 5.15. The molecule has 13 heavy (non-hydrogen) atoms. The molecule has 0 aromatic rings. The van der Waals surface area contributed by atoms with Crippen LogP contribution in [0.1, 0.15) is 39.5 Å². The molecule has 80 valence electrons. The number of unbranched alkanes of at least 4 members (excludes halogenated alkanes) is 1. The zero-order chi connectivity index (χ0) is 10.2. The van der Waals surface area contributed by atoms with Crippen molar-refractivity contribution in [2.75, 3.05) is 19.8 Å². The number of hydrogen-bond donors (Lipinski definition) is 3. The van der Waals surface area contributed by atoms with E-state index in [1.54, 1.807) is 0 Å². The van der Waals surface area contributed by atoms with Crippen molar-refractivity contribution in [1.82, 2.24) is 5.32 Å². The van der Waals surface area contributed by atoms with E-state index in [4.69, 9.17) is 10.2 Å². The van der Waals surface area contributed by atoms with Crippen LogP contribution < -0.4 is 5.32 Å². The van der Waals surface area contributed by atoms with Gasteiger partial charge in [-0.1, -0.05) is 6.92 Å². The topological polar surface area (TPSA) is 52.5 Å². The van der Waals surface area contributed by atoms with Gasteiger partial charge in [0.1, 0.15) is 0 Å². The van der Waals surface area contributed by atoms with Crippen LogP contribution in [0.4, 0.5) is 0 Å². The predicted molar refractivity (Wildman–Crippen MR) is 54.7 cm³/mol. The van der Waals surface area contributed by atoms with E-state index in [0.29, 0.717) is 0 Å². The largest absolute Gasteiger partial charge is 0.396 e. The summed E-state index contributed by atoms with van der Waals surface area (Å²) >= 11 is 0. The Labute approximate surface area is 81.2 Å². The van der Waals surface area contributed by atoms with Crippen molar-refractivity contribution in [1.29, 1.82) is 0 Å². The van der Waals surface area contributed by atoms with E-state index >= 15 is 0 Å². The maximum atomic E-state index is 8.86. The molecule has 0 fully saturated rings. The van der Waals surface area contributed by atoms with E-state index in [0.717, 1.165) is 32.2 Å². The van der Waals surface area contributed by atoms with Gasteiger partial charge in [0.15, 0.2) is 0 Å². The average Bonchev–Trinajstić information content (AvgIpc) is 2.13. The molecular weight excluding hydrogens is 166 g/mol. The summed E-state index contributed by atoms with van der Waals surface area (Å²) in [6.45, 7) is 5.67. The lowest BCUT2D eigenvalue weighted by Crippen LogP contribution is -2.43. The van der Waals surface area contributed by atoms with Gasteiger partial charge in [-0.05, 0) is 39.2 Å². The fourth-order valence-electron chi connectivity index (χ4n) is 1.26. The second kappa shape index (κ2) is 7.30. The Morgan fingerprint density at radius 3 is 2.31 bits per heavy atom. The second-order valence-corrected chi connectivity index (χ2v) is 3.75. The molecule has 1 unspecified atom stereocenters. The maximum absolute atomic E-state index is 8.86. The molecule has 0 amide bonds. The lowest BCUT2D eigenvalue weighted by Gasteiger charge is -2.29. The molecule has 0 aliphatic carbocycles. The van der Waals surface area contributed by atoms with Crippen molar-refractivity contribution >= 4 is 0 Å². The van der Waals surface area contributed by atoms with Crippen LogP contribution in [0.25, 0.3) is 0 Å². The molecule has 0 aliphatic heterocycles. The van der Waals surface area contributed by atoms with Crippen LogP contribution in [0.2, 0.25) is 0 Å². The van der Waals surface area contributed by atoms with Crippen LogP contribution in [0, 0.1) is 0 Å².